The number of ketones is 1. The van der Waals surface area contributed by atoms with E-state index in [0.717, 1.165) is 4.47 Å². The molecule has 0 heterocycles. The molecule has 0 N–H and O–H groups in total. The molecule has 2 rings (SSSR count). The Kier molecular flexibility index (Phi) is 2.93. The Morgan fingerprint density at radius 1 is 1.50 bits per heavy atom. The highest BCUT2D eigenvalue weighted by molar-refractivity contribution is 9.10. The van der Waals surface area contributed by atoms with E-state index in [1.165, 1.54) is 12.8 Å². The summed E-state index contributed by atoms with van der Waals surface area (Å²) in [5, 5.41) is 0.540. The summed E-state index contributed by atoms with van der Waals surface area (Å²) in [6.07, 6.45) is 3.03. The lowest BCUT2D eigenvalue weighted by Crippen LogP contribution is -2.01. The van der Waals surface area contributed by atoms with Gasteiger partial charge in [-0.15, -0.1) is 0 Å². The van der Waals surface area contributed by atoms with Crippen LogP contribution in [-0.2, 0) is 0 Å². The number of carbonyl (C=O) groups is 1. The first-order chi connectivity index (χ1) is 6.68. The van der Waals surface area contributed by atoms with Crippen LogP contribution in [0.4, 0.5) is 0 Å². The fourth-order valence-electron chi connectivity index (χ4n) is 1.41. The summed E-state index contributed by atoms with van der Waals surface area (Å²) >= 11 is 9.34. The van der Waals surface area contributed by atoms with Gasteiger partial charge in [-0.25, -0.2) is 0 Å². The molecule has 0 bridgehead atoms. The molecule has 1 nitrogen and oxygen atoms in total. The van der Waals surface area contributed by atoms with Gasteiger partial charge in [-0.1, -0.05) is 17.7 Å². The van der Waals surface area contributed by atoms with Crippen LogP contribution in [0.5, 0.6) is 0 Å². The van der Waals surface area contributed by atoms with Crippen LogP contribution in [0.1, 0.15) is 29.6 Å². The van der Waals surface area contributed by atoms with Crippen LogP contribution in [0.15, 0.2) is 22.7 Å². The molecule has 1 saturated carbocycles. The van der Waals surface area contributed by atoms with Gasteiger partial charge in [-0.3, -0.25) is 4.79 Å². The van der Waals surface area contributed by atoms with E-state index in [4.69, 9.17) is 11.6 Å². The van der Waals surface area contributed by atoms with E-state index in [1.54, 1.807) is 6.07 Å². The molecule has 1 aliphatic rings. The monoisotopic (exact) mass is 272 g/mol. The molecule has 0 aliphatic heterocycles. The second-order valence-electron chi connectivity index (χ2n) is 3.67. The summed E-state index contributed by atoms with van der Waals surface area (Å²) in [7, 11) is 0. The zero-order chi connectivity index (χ0) is 10.1. The van der Waals surface area contributed by atoms with Crippen LogP contribution in [-0.4, -0.2) is 5.78 Å². The highest BCUT2D eigenvalue weighted by Crippen LogP contribution is 2.35. The molecule has 1 aliphatic carbocycles. The Hall–Kier alpha value is -0.340. The van der Waals surface area contributed by atoms with Crippen molar-refractivity contribution in [2.24, 2.45) is 5.92 Å². The summed E-state index contributed by atoms with van der Waals surface area (Å²) in [4.78, 5) is 11.8. The van der Waals surface area contributed by atoms with Gasteiger partial charge in [0.25, 0.3) is 0 Å². The molecule has 0 aromatic heterocycles. The average Bonchev–Trinajstić information content (AvgIpc) is 2.93. The van der Waals surface area contributed by atoms with Crippen LogP contribution in [0, 0.1) is 5.92 Å². The second kappa shape index (κ2) is 4.03. The number of hydrogen-bond donors (Lipinski definition) is 0. The number of benzene rings is 1. The zero-order valence-corrected chi connectivity index (χ0v) is 9.94. The standard InChI is InChI=1S/C11H10BrClO/c12-9-3-1-2-8(11(9)13)10(14)6-7-4-5-7/h1-3,7H,4-6H2. The highest BCUT2D eigenvalue weighted by atomic mass is 79.9. The fraction of sp³-hybridized carbons (Fsp3) is 0.364. The van der Waals surface area contributed by atoms with Gasteiger partial charge in [0, 0.05) is 16.5 Å². The predicted octanol–water partition coefficient (Wildman–Crippen LogP) is 4.09. The van der Waals surface area contributed by atoms with Crippen molar-refractivity contribution < 1.29 is 4.79 Å². The molecule has 0 saturated heterocycles. The molecule has 0 spiro atoms. The van der Waals surface area contributed by atoms with Gasteiger partial charge in [-0.2, -0.15) is 0 Å². The minimum Gasteiger partial charge on any atom is -0.294 e. The highest BCUT2D eigenvalue weighted by Gasteiger charge is 2.25. The van der Waals surface area contributed by atoms with Gasteiger partial charge in [0.05, 0.1) is 5.02 Å². The SMILES string of the molecule is O=C(CC1CC1)c1cccc(Br)c1Cl. The summed E-state index contributed by atoms with van der Waals surface area (Å²) in [6.45, 7) is 0. The molecule has 0 unspecified atom stereocenters. The Morgan fingerprint density at radius 2 is 2.21 bits per heavy atom. The van der Waals surface area contributed by atoms with Crippen molar-refractivity contribution >= 4 is 33.3 Å². The average molecular weight is 274 g/mol. The first-order valence-electron chi connectivity index (χ1n) is 4.65. The molecular formula is C11H10BrClO. The van der Waals surface area contributed by atoms with E-state index in [-0.39, 0.29) is 5.78 Å². The summed E-state index contributed by atoms with van der Waals surface area (Å²) in [6, 6.07) is 5.48. The second-order valence-corrected chi connectivity index (χ2v) is 4.90. The Morgan fingerprint density at radius 3 is 2.86 bits per heavy atom. The quantitative estimate of drug-likeness (QED) is 0.758. The van der Waals surface area contributed by atoms with Gasteiger partial charge in [0.2, 0.25) is 0 Å². The van der Waals surface area contributed by atoms with E-state index < -0.39 is 0 Å². The molecule has 14 heavy (non-hydrogen) atoms. The maximum atomic E-state index is 11.8. The van der Waals surface area contributed by atoms with Gasteiger partial charge >= 0.3 is 0 Å². The summed E-state index contributed by atoms with van der Waals surface area (Å²) in [5.41, 5.74) is 0.646. The van der Waals surface area contributed by atoms with E-state index in [0.29, 0.717) is 22.9 Å². The van der Waals surface area contributed by atoms with Gasteiger partial charge in [-0.05, 0) is 46.8 Å². The Balaban J connectivity index is 2.21. The van der Waals surface area contributed by atoms with Crippen molar-refractivity contribution in [1.29, 1.82) is 0 Å². The van der Waals surface area contributed by atoms with Crippen LogP contribution >= 0.6 is 27.5 Å². The minimum atomic E-state index is 0.166. The lowest BCUT2D eigenvalue weighted by Gasteiger charge is -2.03. The molecule has 0 atom stereocenters. The number of carbonyl (C=O) groups excluding carboxylic acids is 1. The maximum Gasteiger partial charge on any atom is 0.164 e. The van der Waals surface area contributed by atoms with Crippen molar-refractivity contribution in [2.45, 2.75) is 19.3 Å². The van der Waals surface area contributed by atoms with Gasteiger partial charge < -0.3 is 0 Å². The van der Waals surface area contributed by atoms with Crippen molar-refractivity contribution in [3.63, 3.8) is 0 Å². The van der Waals surface area contributed by atoms with E-state index in [1.807, 2.05) is 12.1 Å². The van der Waals surface area contributed by atoms with Crippen LogP contribution in [0.2, 0.25) is 5.02 Å². The molecule has 0 radical (unpaired) electrons. The molecule has 0 amide bonds. The fourth-order valence-corrected chi connectivity index (χ4v) is 2.01. The third-order valence-corrected chi connectivity index (χ3v) is 3.72. The number of halogens is 2. The first kappa shape index (κ1) is 10.2. The first-order valence-corrected chi connectivity index (χ1v) is 5.83. The summed E-state index contributed by atoms with van der Waals surface area (Å²) in [5.74, 6) is 0.774. The van der Waals surface area contributed by atoms with Crippen LogP contribution in [0.25, 0.3) is 0 Å². The molecule has 1 aromatic carbocycles. The number of Topliss-reactive ketones (excluding diaryl/α,β-unsaturated/α-hetero) is 1. The number of hydrogen-bond acceptors (Lipinski definition) is 1. The van der Waals surface area contributed by atoms with Crippen molar-refractivity contribution in [3.8, 4) is 0 Å². The summed E-state index contributed by atoms with van der Waals surface area (Å²) < 4.78 is 0.792. The Bertz CT molecular complexity index is 372. The normalized spacial score (nSPS) is 15.6. The van der Waals surface area contributed by atoms with Gasteiger partial charge in [0.1, 0.15) is 0 Å². The van der Waals surface area contributed by atoms with Crippen molar-refractivity contribution in [3.05, 3.63) is 33.3 Å². The lowest BCUT2D eigenvalue weighted by atomic mass is 10.1. The predicted molar refractivity (Wildman–Crippen MR) is 60.8 cm³/mol. The third-order valence-electron chi connectivity index (χ3n) is 2.42. The Labute approximate surface area is 96.6 Å². The topological polar surface area (TPSA) is 17.1 Å². The van der Waals surface area contributed by atoms with Crippen LogP contribution in [0.3, 0.4) is 0 Å². The van der Waals surface area contributed by atoms with Gasteiger partial charge in [0.15, 0.2) is 5.78 Å². The van der Waals surface area contributed by atoms with Crippen molar-refractivity contribution in [2.75, 3.05) is 0 Å². The van der Waals surface area contributed by atoms with E-state index in [9.17, 15) is 4.79 Å². The molecule has 74 valence electrons. The van der Waals surface area contributed by atoms with Crippen LogP contribution < -0.4 is 0 Å². The third kappa shape index (κ3) is 2.18. The van der Waals surface area contributed by atoms with Crippen molar-refractivity contribution in [1.82, 2.24) is 0 Å². The number of rotatable bonds is 3. The minimum absolute atomic E-state index is 0.166. The molecular weight excluding hydrogens is 263 g/mol. The smallest absolute Gasteiger partial charge is 0.164 e. The maximum absolute atomic E-state index is 11.8. The zero-order valence-electron chi connectivity index (χ0n) is 7.59. The van der Waals surface area contributed by atoms with E-state index in [2.05, 4.69) is 15.9 Å². The van der Waals surface area contributed by atoms with E-state index >= 15 is 0 Å². The lowest BCUT2D eigenvalue weighted by molar-refractivity contribution is 0.0976. The molecule has 1 fully saturated rings. The molecule has 1 aromatic rings. The largest absolute Gasteiger partial charge is 0.294 e. The molecule has 3 heteroatoms.